The molecular weight excluding hydrogens is 337 g/mol. The molecule has 3 rings (SSSR count). The van der Waals surface area contributed by atoms with Crippen molar-refractivity contribution in [3.8, 4) is 11.8 Å². The summed E-state index contributed by atoms with van der Waals surface area (Å²) in [6.45, 7) is 0.184. The van der Waals surface area contributed by atoms with E-state index in [4.69, 9.17) is 0 Å². The zero-order valence-electron chi connectivity index (χ0n) is 14.9. The summed E-state index contributed by atoms with van der Waals surface area (Å²) in [5.41, 5.74) is 2.52. The molecule has 0 bridgehead atoms. The smallest absolute Gasteiger partial charge is 0.221 e. The lowest BCUT2D eigenvalue weighted by atomic mass is 9.88. The monoisotopic (exact) mass is 357 g/mol. The third-order valence-corrected chi connectivity index (χ3v) is 4.26. The van der Waals surface area contributed by atoms with Gasteiger partial charge in [0.1, 0.15) is 5.82 Å². The van der Waals surface area contributed by atoms with Crippen molar-refractivity contribution in [1.29, 1.82) is 0 Å². The van der Waals surface area contributed by atoms with Crippen LogP contribution < -0.4 is 5.32 Å². The molecule has 3 heteroatoms. The number of benzene rings is 3. The molecule has 134 valence electrons. The maximum absolute atomic E-state index is 13.5. The normalized spacial score (nSPS) is 10.1. The van der Waals surface area contributed by atoms with E-state index in [9.17, 15) is 9.18 Å². The van der Waals surface area contributed by atoms with E-state index in [1.54, 1.807) is 18.2 Å². The summed E-state index contributed by atoms with van der Waals surface area (Å²) in [4.78, 5) is 12.4. The van der Waals surface area contributed by atoms with E-state index >= 15 is 0 Å². The van der Waals surface area contributed by atoms with E-state index in [-0.39, 0.29) is 24.2 Å². The molecule has 0 aliphatic rings. The molecule has 0 heterocycles. The van der Waals surface area contributed by atoms with Crippen molar-refractivity contribution in [3.63, 3.8) is 0 Å². The van der Waals surface area contributed by atoms with Gasteiger partial charge in [0.05, 0.1) is 12.1 Å². The predicted octanol–water partition coefficient (Wildman–Crippen LogP) is 4.52. The molecule has 0 aliphatic carbocycles. The molecule has 0 aliphatic heterocycles. The van der Waals surface area contributed by atoms with Crippen molar-refractivity contribution in [1.82, 2.24) is 5.32 Å². The highest BCUT2D eigenvalue weighted by molar-refractivity contribution is 5.77. The van der Waals surface area contributed by atoms with Crippen LogP contribution >= 0.6 is 0 Å². The zero-order valence-corrected chi connectivity index (χ0v) is 14.9. The minimum Gasteiger partial charge on any atom is -0.345 e. The average molecular weight is 357 g/mol. The maximum Gasteiger partial charge on any atom is 0.221 e. The lowest BCUT2D eigenvalue weighted by molar-refractivity contribution is -0.121. The van der Waals surface area contributed by atoms with Crippen molar-refractivity contribution in [3.05, 3.63) is 107 Å². The molecule has 0 saturated heterocycles. The van der Waals surface area contributed by atoms with E-state index in [2.05, 4.69) is 17.2 Å². The third kappa shape index (κ3) is 5.29. The number of carbonyl (C=O) groups excluding carboxylic acids is 1. The lowest BCUT2D eigenvalue weighted by Crippen LogP contribution is -2.25. The first kappa shape index (κ1) is 18.4. The molecule has 0 radical (unpaired) electrons. The van der Waals surface area contributed by atoms with Crippen LogP contribution in [0.4, 0.5) is 4.39 Å². The summed E-state index contributed by atoms with van der Waals surface area (Å²) >= 11 is 0. The molecule has 0 fully saturated rings. The van der Waals surface area contributed by atoms with Crippen LogP contribution in [0.3, 0.4) is 0 Å². The highest BCUT2D eigenvalue weighted by Crippen LogP contribution is 2.27. The molecule has 3 aromatic carbocycles. The quantitative estimate of drug-likeness (QED) is 0.669. The third-order valence-electron chi connectivity index (χ3n) is 4.26. The van der Waals surface area contributed by atoms with Gasteiger partial charge in [-0.15, -0.1) is 0 Å². The summed E-state index contributed by atoms with van der Waals surface area (Å²) in [6.07, 6.45) is 0.329. The number of amides is 1. The van der Waals surface area contributed by atoms with Crippen molar-refractivity contribution < 1.29 is 9.18 Å². The van der Waals surface area contributed by atoms with Crippen LogP contribution in [0, 0.1) is 17.7 Å². The highest BCUT2D eigenvalue weighted by atomic mass is 19.1. The van der Waals surface area contributed by atoms with Gasteiger partial charge >= 0.3 is 0 Å². The molecule has 27 heavy (non-hydrogen) atoms. The number of rotatable bonds is 5. The Labute approximate surface area is 159 Å². The maximum atomic E-state index is 13.5. The number of hydrogen-bond donors (Lipinski definition) is 1. The second-order valence-electron chi connectivity index (χ2n) is 6.14. The van der Waals surface area contributed by atoms with Crippen molar-refractivity contribution in [2.24, 2.45) is 0 Å². The number of nitrogens with one attached hydrogen (secondary N) is 1. The Morgan fingerprint density at radius 1 is 0.852 bits per heavy atom. The molecular formula is C24H20FNO. The molecule has 2 nitrogen and oxygen atoms in total. The van der Waals surface area contributed by atoms with Crippen LogP contribution in [0.5, 0.6) is 0 Å². The van der Waals surface area contributed by atoms with E-state index in [0.29, 0.717) is 12.0 Å². The second kappa shape index (κ2) is 9.35. The molecule has 0 unspecified atom stereocenters. The first-order chi connectivity index (χ1) is 13.2. The first-order valence-corrected chi connectivity index (χ1v) is 8.84. The Balaban J connectivity index is 1.65. The molecule has 3 aromatic rings. The Morgan fingerprint density at radius 3 is 2.00 bits per heavy atom. The van der Waals surface area contributed by atoms with Crippen LogP contribution in [0.15, 0.2) is 84.9 Å². The summed E-state index contributed by atoms with van der Waals surface area (Å²) < 4.78 is 13.5. The molecule has 0 aromatic heterocycles. The Bertz CT molecular complexity index is 903. The minimum absolute atomic E-state index is 0.0214. The topological polar surface area (TPSA) is 29.1 Å². The van der Waals surface area contributed by atoms with Gasteiger partial charge in [-0.3, -0.25) is 4.79 Å². The predicted molar refractivity (Wildman–Crippen MR) is 106 cm³/mol. The highest BCUT2D eigenvalue weighted by Gasteiger charge is 2.17. The van der Waals surface area contributed by atoms with E-state index in [0.717, 1.165) is 11.1 Å². The van der Waals surface area contributed by atoms with Crippen molar-refractivity contribution in [2.45, 2.75) is 12.3 Å². The standard InChI is InChI=1S/C24H20FNO/c25-23-16-8-7-14-21(23)15-9-17-26-24(27)18-22(19-10-3-1-4-11-19)20-12-5-2-6-13-20/h1-8,10-14,16,22H,17-18H2,(H,26,27). The van der Waals surface area contributed by atoms with Crippen molar-refractivity contribution in [2.75, 3.05) is 6.54 Å². The number of hydrogen-bond acceptors (Lipinski definition) is 1. The van der Waals surface area contributed by atoms with Crippen LogP contribution in [0.25, 0.3) is 0 Å². The number of carbonyl (C=O) groups is 1. The first-order valence-electron chi connectivity index (χ1n) is 8.84. The van der Waals surface area contributed by atoms with Crippen LogP contribution in [-0.4, -0.2) is 12.5 Å². The summed E-state index contributed by atoms with van der Waals surface area (Å²) in [7, 11) is 0. The average Bonchev–Trinajstić information content (AvgIpc) is 2.72. The number of halogens is 1. The zero-order chi connectivity index (χ0) is 18.9. The van der Waals surface area contributed by atoms with E-state index < -0.39 is 0 Å². The van der Waals surface area contributed by atoms with Gasteiger partial charge in [0, 0.05) is 12.3 Å². The van der Waals surface area contributed by atoms with Gasteiger partial charge in [-0.05, 0) is 23.3 Å². The van der Waals surface area contributed by atoms with Gasteiger partial charge in [-0.2, -0.15) is 0 Å². The summed E-state index contributed by atoms with van der Waals surface area (Å²) in [5.74, 6) is 5.08. The van der Waals surface area contributed by atoms with Crippen LogP contribution in [0.2, 0.25) is 0 Å². The Kier molecular flexibility index (Phi) is 6.38. The van der Waals surface area contributed by atoms with Gasteiger partial charge in [0.15, 0.2) is 0 Å². The van der Waals surface area contributed by atoms with Crippen LogP contribution in [-0.2, 0) is 4.79 Å². The second-order valence-corrected chi connectivity index (χ2v) is 6.14. The van der Waals surface area contributed by atoms with Gasteiger partial charge in [-0.25, -0.2) is 4.39 Å². The van der Waals surface area contributed by atoms with Crippen molar-refractivity contribution >= 4 is 5.91 Å². The lowest BCUT2D eigenvalue weighted by Gasteiger charge is -2.17. The van der Waals surface area contributed by atoms with Gasteiger partial charge in [0.2, 0.25) is 5.91 Å². The van der Waals surface area contributed by atoms with Crippen LogP contribution in [0.1, 0.15) is 29.0 Å². The Hall–Kier alpha value is -3.38. The fraction of sp³-hybridized carbons (Fsp3) is 0.125. The van der Waals surface area contributed by atoms with Gasteiger partial charge < -0.3 is 5.32 Å². The van der Waals surface area contributed by atoms with Gasteiger partial charge in [0.25, 0.3) is 0 Å². The molecule has 0 atom stereocenters. The fourth-order valence-corrected chi connectivity index (χ4v) is 2.90. The summed E-state index contributed by atoms with van der Waals surface area (Å²) in [6, 6.07) is 26.3. The van der Waals surface area contributed by atoms with Gasteiger partial charge in [-0.1, -0.05) is 84.6 Å². The molecule has 1 N–H and O–H groups in total. The minimum atomic E-state index is -0.357. The largest absolute Gasteiger partial charge is 0.345 e. The van der Waals surface area contributed by atoms with E-state index in [1.165, 1.54) is 6.07 Å². The molecule has 1 amide bonds. The van der Waals surface area contributed by atoms with E-state index in [1.807, 2.05) is 60.7 Å². The molecule has 0 spiro atoms. The fourth-order valence-electron chi connectivity index (χ4n) is 2.90. The summed E-state index contributed by atoms with van der Waals surface area (Å²) in [5, 5.41) is 2.81. The SMILES string of the molecule is O=C(CC(c1ccccc1)c1ccccc1)NCC#Cc1ccccc1F. The molecule has 0 saturated carbocycles. The Morgan fingerprint density at radius 2 is 1.41 bits per heavy atom.